The summed E-state index contributed by atoms with van der Waals surface area (Å²) in [4.78, 5) is 24.1. The lowest BCUT2D eigenvalue weighted by molar-refractivity contribution is -0.158. The normalized spacial score (nSPS) is 22.2. The minimum Gasteiger partial charge on any atom is -0.443 e. The number of nitrogens with zero attached hydrogens (tertiary/aromatic N) is 2. The second-order valence-electron chi connectivity index (χ2n) is 8.14. The smallest absolute Gasteiger partial charge is 0.407 e. The summed E-state index contributed by atoms with van der Waals surface area (Å²) in [5.74, 6) is 0.166. The molecule has 2 fully saturated rings. The molecule has 0 aliphatic heterocycles. The summed E-state index contributed by atoms with van der Waals surface area (Å²) >= 11 is 0. The Morgan fingerprint density at radius 2 is 2.13 bits per heavy atom. The largest absolute Gasteiger partial charge is 0.443 e. The number of alkyl carbamates (subject to hydrolysis) is 1. The molecule has 0 radical (unpaired) electrons. The highest BCUT2D eigenvalue weighted by Crippen LogP contribution is 2.47. The number of amides is 2. The highest BCUT2D eigenvalue weighted by molar-refractivity contribution is 5.91. The zero-order valence-corrected chi connectivity index (χ0v) is 16.5. The van der Waals surface area contributed by atoms with Gasteiger partial charge < -0.3 is 19.9 Å². The molecule has 2 heterocycles. The number of alkyl halides is 3. The van der Waals surface area contributed by atoms with Gasteiger partial charge in [0.05, 0.1) is 18.5 Å². The Labute approximate surface area is 175 Å². The summed E-state index contributed by atoms with van der Waals surface area (Å²) < 4.78 is 47.6. The van der Waals surface area contributed by atoms with Gasteiger partial charge in [0.25, 0.3) is 0 Å². The summed E-state index contributed by atoms with van der Waals surface area (Å²) in [5, 5.41) is 16.0. The maximum absolute atomic E-state index is 12.6. The van der Waals surface area contributed by atoms with Crippen LogP contribution in [0.3, 0.4) is 0 Å². The zero-order valence-electron chi connectivity index (χ0n) is 16.5. The van der Waals surface area contributed by atoms with Crippen molar-refractivity contribution in [1.29, 1.82) is 0 Å². The number of carbonyl (C=O) groups is 2. The Kier molecular flexibility index (Phi) is 5.63. The molecule has 2 atom stereocenters. The van der Waals surface area contributed by atoms with Crippen molar-refractivity contribution < 1.29 is 32.0 Å². The van der Waals surface area contributed by atoms with Gasteiger partial charge in [0.15, 0.2) is 5.82 Å². The fourth-order valence-corrected chi connectivity index (χ4v) is 3.90. The second kappa shape index (κ2) is 8.23. The molecule has 2 aromatic rings. The maximum Gasteiger partial charge on any atom is 0.407 e. The third-order valence-electron chi connectivity index (χ3n) is 5.53. The molecule has 2 aromatic heterocycles. The quantitative estimate of drug-likeness (QED) is 0.605. The number of aromatic amines is 1. The fraction of sp³-hybridized carbons (Fsp3) is 0.579. The van der Waals surface area contributed by atoms with Gasteiger partial charge in [-0.3, -0.25) is 9.89 Å². The second-order valence-corrected chi connectivity index (χ2v) is 8.14. The Bertz CT molecular complexity index is 923. The molecule has 168 valence electrons. The first-order valence-corrected chi connectivity index (χ1v) is 10.0. The highest BCUT2D eigenvalue weighted by atomic mass is 19.4. The molecule has 2 aliphatic carbocycles. The average Bonchev–Trinajstić information content (AvgIpc) is 3.11. The minimum atomic E-state index is -4.36. The van der Waals surface area contributed by atoms with Crippen LogP contribution in [-0.4, -0.2) is 45.2 Å². The summed E-state index contributed by atoms with van der Waals surface area (Å²) in [6.07, 6.45) is -2.36. The SMILES string of the molecule is O=C(Cc1ccon1)Nc1cc([C@H]2CC[C@@H](NC(=O)OC3(CC(F)(F)F)CC3)C2)[nH]n1. The van der Waals surface area contributed by atoms with Crippen LogP contribution in [-0.2, 0) is 16.0 Å². The molecule has 0 saturated heterocycles. The standard InChI is InChI=1S/C19H22F3N5O4/c20-19(21,22)10-18(4-5-18)31-17(29)23-12-2-1-11(7-12)14-9-15(26-25-14)24-16(28)8-13-3-6-30-27-13/h3,6,9,11-12H,1-2,4-5,7-8,10H2,(H,23,29)(H2,24,25,26,28)/t11-,12+/m0/s1. The Hall–Kier alpha value is -3.05. The van der Waals surface area contributed by atoms with Crippen LogP contribution in [0, 0.1) is 0 Å². The fourth-order valence-electron chi connectivity index (χ4n) is 3.90. The summed E-state index contributed by atoms with van der Waals surface area (Å²) in [6.45, 7) is 0. The molecule has 4 rings (SSSR count). The van der Waals surface area contributed by atoms with Crippen LogP contribution in [0.15, 0.2) is 22.9 Å². The van der Waals surface area contributed by atoms with Gasteiger partial charge in [0.2, 0.25) is 5.91 Å². The molecular weight excluding hydrogens is 419 g/mol. The van der Waals surface area contributed by atoms with Gasteiger partial charge in [0.1, 0.15) is 11.9 Å². The topological polar surface area (TPSA) is 122 Å². The minimum absolute atomic E-state index is 0.0616. The van der Waals surface area contributed by atoms with Crippen LogP contribution < -0.4 is 10.6 Å². The number of anilines is 1. The van der Waals surface area contributed by atoms with Crippen molar-refractivity contribution in [3.63, 3.8) is 0 Å². The molecule has 12 heteroatoms. The lowest BCUT2D eigenvalue weighted by atomic mass is 10.0. The van der Waals surface area contributed by atoms with Crippen molar-refractivity contribution in [2.45, 2.75) is 68.7 Å². The lowest BCUT2D eigenvalue weighted by Gasteiger charge is -2.20. The van der Waals surface area contributed by atoms with E-state index in [9.17, 15) is 22.8 Å². The lowest BCUT2D eigenvalue weighted by Crippen LogP contribution is -2.37. The number of halogens is 3. The third kappa shape index (κ3) is 5.76. The molecule has 0 bridgehead atoms. The molecule has 2 saturated carbocycles. The number of rotatable bonds is 7. The molecule has 9 nitrogen and oxygen atoms in total. The molecule has 2 aliphatic rings. The zero-order chi connectivity index (χ0) is 22.1. The Morgan fingerprint density at radius 3 is 2.81 bits per heavy atom. The van der Waals surface area contributed by atoms with E-state index in [0.29, 0.717) is 24.4 Å². The van der Waals surface area contributed by atoms with Crippen molar-refractivity contribution in [2.75, 3.05) is 5.32 Å². The van der Waals surface area contributed by atoms with Crippen LogP contribution >= 0.6 is 0 Å². The van der Waals surface area contributed by atoms with E-state index in [-0.39, 0.29) is 37.1 Å². The molecular formula is C19H22F3N5O4. The van der Waals surface area contributed by atoms with Gasteiger partial charge >= 0.3 is 12.3 Å². The number of aromatic nitrogens is 3. The summed E-state index contributed by atoms with van der Waals surface area (Å²) in [7, 11) is 0. The van der Waals surface area contributed by atoms with E-state index in [2.05, 4.69) is 30.5 Å². The van der Waals surface area contributed by atoms with Gasteiger partial charge in [-0.25, -0.2) is 4.79 Å². The molecule has 3 N–H and O–H groups in total. The van der Waals surface area contributed by atoms with E-state index in [1.807, 2.05) is 0 Å². The van der Waals surface area contributed by atoms with E-state index in [1.165, 1.54) is 6.26 Å². The predicted molar refractivity (Wildman–Crippen MR) is 100 cm³/mol. The predicted octanol–water partition coefficient (Wildman–Crippen LogP) is 3.43. The number of nitrogens with one attached hydrogen (secondary N) is 3. The number of hydrogen-bond acceptors (Lipinski definition) is 6. The Morgan fingerprint density at radius 1 is 1.32 bits per heavy atom. The van der Waals surface area contributed by atoms with E-state index in [4.69, 9.17) is 4.74 Å². The monoisotopic (exact) mass is 441 g/mol. The van der Waals surface area contributed by atoms with Gasteiger partial charge in [-0.15, -0.1) is 0 Å². The van der Waals surface area contributed by atoms with E-state index >= 15 is 0 Å². The first-order chi connectivity index (χ1) is 14.7. The van der Waals surface area contributed by atoms with E-state index < -0.39 is 24.3 Å². The molecule has 0 aromatic carbocycles. The van der Waals surface area contributed by atoms with Crippen molar-refractivity contribution in [2.24, 2.45) is 0 Å². The van der Waals surface area contributed by atoms with Crippen LogP contribution in [0.2, 0.25) is 0 Å². The van der Waals surface area contributed by atoms with Crippen LogP contribution in [0.4, 0.5) is 23.8 Å². The molecule has 0 unspecified atom stereocenters. The van der Waals surface area contributed by atoms with Gasteiger partial charge in [-0.1, -0.05) is 5.16 Å². The van der Waals surface area contributed by atoms with E-state index in [1.54, 1.807) is 12.1 Å². The van der Waals surface area contributed by atoms with Gasteiger partial charge in [-0.2, -0.15) is 18.3 Å². The molecule has 0 spiro atoms. The first kappa shape index (κ1) is 21.2. The summed E-state index contributed by atoms with van der Waals surface area (Å²) in [6, 6.07) is 3.13. The van der Waals surface area contributed by atoms with E-state index in [0.717, 1.165) is 12.1 Å². The Balaban J connectivity index is 1.24. The van der Waals surface area contributed by atoms with Crippen LogP contribution in [0.1, 0.15) is 55.8 Å². The van der Waals surface area contributed by atoms with Crippen molar-refractivity contribution >= 4 is 17.8 Å². The number of ether oxygens (including phenoxy) is 1. The summed E-state index contributed by atoms with van der Waals surface area (Å²) in [5.41, 5.74) is -0.0822. The number of carbonyl (C=O) groups excluding carboxylic acids is 2. The molecule has 31 heavy (non-hydrogen) atoms. The van der Waals surface area contributed by atoms with Crippen LogP contribution in [0.25, 0.3) is 0 Å². The maximum atomic E-state index is 12.6. The third-order valence-corrected chi connectivity index (χ3v) is 5.53. The molecule has 2 amide bonds. The van der Waals surface area contributed by atoms with Crippen molar-refractivity contribution in [1.82, 2.24) is 20.7 Å². The number of hydrogen-bond donors (Lipinski definition) is 3. The number of H-pyrrole nitrogens is 1. The highest BCUT2D eigenvalue weighted by Gasteiger charge is 2.54. The first-order valence-electron chi connectivity index (χ1n) is 10.0. The van der Waals surface area contributed by atoms with Gasteiger partial charge in [-0.05, 0) is 32.1 Å². The van der Waals surface area contributed by atoms with Crippen LogP contribution in [0.5, 0.6) is 0 Å². The van der Waals surface area contributed by atoms with Crippen molar-refractivity contribution in [3.05, 3.63) is 29.8 Å². The van der Waals surface area contributed by atoms with Gasteiger partial charge in [0, 0.05) is 29.8 Å². The van der Waals surface area contributed by atoms with Crippen molar-refractivity contribution in [3.8, 4) is 0 Å². The average molecular weight is 441 g/mol.